The van der Waals surface area contributed by atoms with Crippen molar-refractivity contribution < 1.29 is 19.1 Å². The molecule has 1 aliphatic heterocycles. The van der Waals surface area contributed by atoms with Crippen LogP contribution in [0, 0.1) is 0 Å². The van der Waals surface area contributed by atoms with E-state index in [1.54, 1.807) is 18.2 Å². The maximum atomic E-state index is 12.0. The molecule has 0 aromatic heterocycles. The zero-order chi connectivity index (χ0) is 14.4. The molecule has 1 saturated heterocycles. The number of amides is 1. The Labute approximate surface area is 118 Å². The van der Waals surface area contributed by atoms with E-state index >= 15 is 0 Å². The van der Waals surface area contributed by atoms with Crippen LogP contribution in [0.2, 0.25) is 0 Å². The highest BCUT2D eigenvalue weighted by Crippen LogP contribution is 2.27. The summed E-state index contributed by atoms with van der Waals surface area (Å²) in [5.74, 6) is 0.910. The van der Waals surface area contributed by atoms with Gasteiger partial charge >= 0.3 is 0 Å². The Kier molecular flexibility index (Phi) is 4.98. The van der Waals surface area contributed by atoms with Crippen molar-refractivity contribution >= 4 is 12.2 Å². The molecule has 1 aliphatic rings. The normalized spacial score (nSPS) is 14.8. The lowest BCUT2D eigenvalue weighted by atomic mass is 10.1. The lowest BCUT2D eigenvalue weighted by Gasteiger charge is -2.26. The van der Waals surface area contributed by atoms with Crippen LogP contribution < -0.4 is 9.47 Å². The van der Waals surface area contributed by atoms with Crippen LogP contribution in [0.15, 0.2) is 18.2 Å². The lowest BCUT2D eigenvalue weighted by Crippen LogP contribution is -2.38. The van der Waals surface area contributed by atoms with Crippen molar-refractivity contribution in [3.8, 4) is 11.5 Å². The third kappa shape index (κ3) is 3.50. The highest BCUT2D eigenvalue weighted by Gasteiger charge is 2.17. The van der Waals surface area contributed by atoms with Gasteiger partial charge in [0.05, 0.1) is 7.11 Å². The van der Waals surface area contributed by atoms with E-state index in [1.165, 1.54) is 13.5 Å². The fourth-order valence-electron chi connectivity index (χ4n) is 2.25. The number of methoxy groups -OCH3 is 1. The maximum Gasteiger partial charge on any atom is 0.260 e. The molecule has 5 heteroatoms. The number of likely N-dealkylation sites (tertiary alicyclic amines) is 1. The van der Waals surface area contributed by atoms with Gasteiger partial charge in [0.1, 0.15) is 6.29 Å². The molecule has 108 valence electrons. The van der Waals surface area contributed by atoms with Crippen LogP contribution in [0.25, 0.3) is 0 Å². The molecule has 0 bridgehead atoms. The van der Waals surface area contributed by atoms with Crippen LogP contribution in [0.5, 0.6) is 11.5 Å². The first-order valence-corrected chi connectivity index (χ1v) is 6.78. The lowest BCUT2D eigenvalue weighted by molar-refractivity contribution is -0.134. The number of carbonyl (C=O) groups excluding carboxylic acids is 2. The summed E-state index contributed by atoms with van der Waals surface area (Å²) in [6.45, 7) is 1.57. The van der Waals surface area contributed by atoms with E-state index in [2.05, 4.69) is 0 Å². The average molecular weight is 277 g/mol. The summed E-state index contributed by atoms with van der Waals surface area (Å²) in [5, 5.41) is 0. The monoisotopic (exact) mass is 277 g/mol. The number of nitrogens with zero attached hydrogens (tertiary/aromatic N) is 1. The first-order valence-electron chi connectivity index (χ1n) is 6.78. The van der Waals surface area contributed by atoms with Crippen molar-refractivity contribution in [1.82, 2.24) is 4.90 Å². The Hall–Kier alpha value is -2.04. The molecule has 0 atom stereocenters. The van der Waals surface area contributed by atoms with Crippen LogP contribution in [0.4, 0.5) is 0 Å². The quantitative estimate of drug-likeness (QED) is 0.771. The SMILES string of the molecule is COc1ccc(C=O)cc1OCC(=O)N1CCCCC1. The van der Waals surface area contributed by atoms with Crippen LogP contribution in [-0.4, -0.2) is 43.9 Å². The fourth-order valence-corrected chi connectivity index (χ4v) is 2.25. The largest absolute Gasteiger partial charge is 0.493 e. The van der Waals surface area contributed by atoms with Crippen LogP contribution >= 0.6 is 0 Å². The van der Waals surface area contributed by atoms with Crippen LogP contribution in [0.1, 0.15) is 29.6 Å². The minimum Gasteiger partial charge on any atom is -0.493 e. The number of piperidine rings is 1. The summed E-state index contributed by atoms with van der Waals surface area (Å²) in [6.07, 6.45) is 4.02. The van der Waals surface area contributed by atoms with Crippen molar-refractivity contribution in [3.05, 3.63) is 23.8 Å². The Bertz CT molecular complexity index is 481. The summed E-state index contributed by atoms with van der Waals surface area (Å²) < 4.78 is 10.7. The van der Waals surface area contributed by atoms with Crippen molar-refractivity contribution in [2.75, 3.05) is 26.8 Å². The van der Waals surface area contributed by atoms with Crippen molar-refractivity contribution in [2.45, 2.75) is 19.3 Å². The van der Waals surface area contributed by atoms with Gasteiger partial charge in [0.15, 0.2) is 18.1 Å². The van der Waals surface area contributed by atoms with Gasteiger partial charge in [0, 0.05) is 18.7 Å². The second kappa shape index (κ2) is 6.93. The second-order valence-electron chi connectivity index (χ2n) is 4.76. The predicted molar refractivity (Wildman–Crippen MR) is 74.3 cm³/mol. The summed E-state index contributed by atoms with van der Waals surface area (Å²) in [7, 11) is 1.52. The first-order chi connectivity index (χ1) is 9.74. The summed E-state index contributed by atoms with van der Waals surface area (Å²) in [6, 6.07) is 4.88. The molecular weight excluding hydrogens is 258 g/mol. The van der Waals surface area contributed by atoms with Crippen molar-refractivity contribution in [3.63, 3.8) is 0 Å². The number of hydrogen-bond donors (Lipinski definition) is 0. The van der Waals surface area contributed by atoms with Gasteiger partial charge in [-0.3, -0.25) is 9.59 Å². The van der Waals surface area contributed by atoms with Gasteiger partial charge in [-0.15, -0.1) is 0 Å². The molecule has 1 aromatic rings. The molecule has 0 radical (unpaired) electrons. The molecule has 1 aromatic carbocycles. The van der Waals surface area contributed by atoms with Gasteiger partial charge in [-0.2, -0.15) is 0 Å². The van der Waals surface area contributed by atoms with Gasteiger partial charge in [-0.1, -0.05) is 0 Å². The predicted octanol–water partition coefficient (Wildman–Crippen LogP) is 1.90. The van der Waals surface area contributed by atoms with E-state index < -0.39 is 0 Å². The molecular formula is C15H19NO4. The molecule has 1 heterocycles. The number of carbonyl (C=O) groups is 2. The number of benzene rings is 1. The van der Waals surface area contributed by atoms with Gasteiger partial charge in [-0.05, 0) is 37.5 Å². The van der Waals surface area contributed by atoms with E-state index in [1.807, 2.05) is 4.90 Å². The van der Waals surface area contributed by atoms with E-state index in [0.29, 0.717) is 17.1 Å². The average Bonchev–Trinajstić information content (AvgIpc) is 2.53. The summed E-state index contributed by atoms with van der Waals surface area (Å²) in [4.78, 5) is 24.6. The molecule has 0 aliphatic carbocycles. The van der Waals surface area contributed by atoms with Crippen molar-refractivity contribution in [1.29, 1.82) is 0 Å². The summed E-state index contributed by atoms with van der Waals surface area (Å²) in [5.41, 5.74) is 0.492. The molecule has 2 rings (SSSR count). The van der Waals surface area contributed by atoms with E-state index in [-0.39, 0.29) is 12.5 Å². The molecule has 20 heavy (non-hydrogen) atoms. The van der Waals surface area contributed by atoms with Crippen LogP contribution in [-0.2, 0) is 4.79 Å². The highest BCUT2D eigenvalue weighted by atomic mass is 16.5. The van der Waals surface area contributed by atoms with E-state index in [0.717, 1.165) is 32.2 Å². The smallest absolute Gasteiger partial charge is 0.260 e. The summed E-state index contributed by atoms with van der Waals surface area (Å²) >= 11 is 0. The molecule has 0 saturated carbocycles. The topological polar surface area (TPSA) is 55.8 Å². The van der Waals surface area contributed by atoms with Gasteiger partial charge in [0.25, 0.3) is 5.91 Å². The maximum absolute atomic E-state index is 12.0. The number of rotatable bonds is 5. The van der Waals surface area contributed by atoms with E-state index in [9.17, 15) is 9.59 Å². The standard InChI is InChI=1S/C15H19NO4/c1-19-13-6-5-12(10-17)9-14(13)20-11-15(18)16-7-3-2-4-8-16/h5-6,9-10H,2-4,7-8,11H2,1H3. The number of aldehydes is 1. The molecule has 1 fully saturated rings. The van der Waals surface area contributed by atoms with Gasteiger partial charge < -0.3 is 14.4 Å². The highest BCUT2D eigenvalue weighted by molar-refractivity contribution is 5.79. The van der Waals surface area contributed by atoms with Crippen LogP contribution in [0.3, 0.4) is 0 Å². The zero-order valence-corrected chi connectivity index (χ0v) is 11.6. The molecule has 5 nitrogen and oxygen atoms in total. The van der Waals surface area contributed by atoms with Gasteiger partial charge in [0.2, 0.25) is 0 Å². The third-order valence-electron chi connectivity index (χ3n) is 3.38. The third-order valence-corrected chi connectivity index (χ3v) is 3.38. The number of hydrogen-bond acceptors (Lipinski definition) is 4. The van der Waals surface area contributed by atoms with Crippen molar-refractivity contribution in [2.24, 2.45) is 0 Å². The second-order valence-corrected chi connectivity index (χ2v) is 4.76. The molecule has 0 unspecified atom stereocenters. The molecule has 1 amide bonds. The minimum atomic E-state index is -0.0291. The van der Waals surface area contributed by atoms with E-state index in [4.69, 9.17) is 9.47 Å². The zero-order valence-electron chi connectivity index (χ0n) is 11.6. The Balaban J connectivity index is 1.98. The van der Waals surface area contributed by atoms with Gasteiger partial charge in [-0.25, -0.2) is 0 Å². The Morgan fingerprint density at radius 1 is 1.25 bits per heavy atom. The molecule has 0 N–H and O–H groups in total. The molecule has 0 spiro atoms. The number of ether oxygens (including phenoxy) is 2. The minimum absolute atomic E-state index is 0.0248. The fraction of sp³-hybridized carbons (Fsp3) is 0.467. The Morgan fingerprint density at radius 2 is 2.00 bits per heavy atom. The first kappa shape index (κ1) is 14.4. The Morgan fingerprint density at radius 3 is 2.65 bits per heavy atom.